The van der Waals surface area contributed by atoms with E-state index in [1.54, 1.807) is 0 Å². The number of rotatable bonds is 24. The van der Waals surface area contributed by atoms with E-state index in [1.807, 2.05) is 0 Å². The molecule has 19 heteroatoms. The van der Waals surface area contributed by atoms with Crippen molar-refractivity contribution in [1.29, 1.82) is 0 Å². The Kier molecular flexibility index (Phi) is 33.6. The van der Waals surface area contributed by atoms with Gasteiger partial charge in [-0.3, -0.25) is 0 Å². The Morgan fingerprint density at radius 1 is 0.455 bits per heavy atom. The highest BCUT2D eigenvalue weighted by Crippen LogP contribution is 2.21. The topological polar surface area (TPSA) is 136 Å². The van der Waals surface area contributed by atoms with Gasteiger partial charge in [-0.15, -0.1) is 0 Å². The molecule has 0 fully saturated rings. The number of unbranched alkanes of at least 4 members (excludes halogenated alkanes) is 8. The molecular weight excluding hydrogens is 779 g/mol. The Bertz CT molecular complexity index is 1120. The lowest BCUT2D eigenvalue weighted by molar-refractivity contribution is -0.553. The molecule has 0 atom stereocenters. The van der Waals surface area contributed by atoms with Crippen LogP contribution in [0, 0.1) is 0 Å². The fraction of sp³-hybridized carbons (Fsp3) is 0.944. The van der Waals surface area contributed by atoms with E-state index < -0.39 is 31.3 Å². The van der Waals surface area contributed by atoms with Gasteiger partial charge in [-0.2, -0.15) is 26.3 Å². The summed E-state index contributed by atoms with van der Waals surface area (Å²) in [7, 11) is -12.2. The molecule has 0 aromatic rings. The minimum atomic E-state index is -6.09. The highest BCUT2D eigenvalue weighted by Gasteiger charge is 2.38. The second kappa shape index (κ2) is 32.1. The number of ether oxygens (including phenoxy) is 1. The maximum absolute atomic E-state index is 10.7. The first kappa shape index (κ1) is 57.5. The molecule has 0 spiro atoms. The van der Waals surface area contributed by atoms with Gasteiger partial charge in [0, 0.05) is 0 Å². The van der Waals surface area contributed by atoms with Crippen molar-refractivity contribution < 1.29 is 66.2 Å². The summed E-state index contributed by atoms with van der Waals surface area (Å²) in [6.45, 7) is 27.2. The lowest BCUT2D eigenvalue weighted by atomic mass is 10.2. The van der Waals surface area contributed by atoms with E-state index in [0.29, 0.717) is 0 Å². The van der Waals surface area contributed by atoms with E-state index >= 15 is 0 Å². The summed E-state index contributed by atoms with van der Waals surface area (Å²) in [6, 6.07) is 2.29. The molecule has 0 N–H and O–H groups in total. The van der Waals surface area contributed by atoms with Crippen LogP contribution >= 0.6 is 0 Å². The lowest BCUT2D eigenvalue weighted by Gasteiger charge is -2.26. The van der Waals surface area contributed by atoms with Gasteiger partial charge in [-0.1, -0.05) is 107 Å². The van der Waals surface area contributed by atoms with Crippen LogP contribution in [-0.4, -0.2) is 120 Å². The number of amidine groups is 2. The van der Waals surface area contributed by atoms with E-state index in [-0.39, 0.29) is 0 Å². The highest BCUT2D eigenvalue weighted by atomic mass is 32.2. The van der Waals surface area contributed by atoms with E-state index in [4.69, 9.17) is 30.7 Å². The summed E-state index contributed by atoms with van der Waals surface area (Å²) in [5.41, 5.74) is -11.3. The molecule has 0 rings (SSSR count). The average Bonchev–Trinajstić information content (AvgIpc) is 3.09. The number of alkyl halides is 6. The number of hydrogen-bond donors (Lipinski definition) is 0. The molecular formula is C36H72F6N4O7S2. The van der Waals surface area contributed by atoms with Crippen LogP contribution in [0.1, 0.15) is 158 Å². The second-order valence-electron chi connectivity index (χ2n) is 13.2. The van der Waals surface area contributed by atoms with Gasteiger partial charge in [0.2, 0.25) is 0 Å². The van der Waals surface area contributed by atoms with Crippen molar-refractivity contribution in [2.45, 2.75) is 169 Å². The standard InChI is InChI=1S/C34H72N4O.2CHF3O3S/c1-9-17-25-35(26-18-10-2)33(36(27-19-11-3)28-20-12-4)39-34(37(29-21-13-5)30-22-14-6)38(31-23-15-7)32-24-16-8;2*2-1(3,4)8(5,6)7/h9-32H2,1-8H3;2*(H,5,6,7)/q+2;;/p-2. The maximum atomic E-state index is 10.7. The van der Waals surface area contributed by atoms with E-state index in [0.717, 1.165) is 64.4 Å². The molecule has 0 heterocycles. The highest BCUT2D eigenvalue weighted by molar-refractivity contribution is 7.86. The quantitative estimate of drug-likeness (QED) is 0.0233. The van der Waals surface area contributed by atoms with Gasteiger partial charge in [0.1, 0.15) is 0 Å². The van der Waals surface area contributed by atoms with Gasteiger partial charge in [0.15, 0.2) is 20.2 Å². The molecule has 11 nitrogen and oxygen atoms in total. The fourth-order valence-electron chi connectivity index (χ4n) is 4.74. The fourth-order valence-corrected chi connectivity index (χ4v) is 4.74. The van der Waals surface area contributed by atoms with Crippen LogP contribution in [0.2, 0.25) is 0 Å². The third-order valence-corrected chi connectivity index (χ3v) is 9.22. The van der Waals surface area contributed by atoms with Crippen LogP contribution in [0.3, 0.4) is 0 Å². The van der Waals surface area contributed by atoms with Crippen molar-refractivity contribution >= 4 is 32.3 Å². The first-order chi connectivity index (χ1) is 25.6. The maximum Gasteiger partial charge on any atom is 0.485 e. The average molecular weight is 851 g/mol. The van der Waals surface area contributed by atoms with Crippen molar-refractivity contribution in [3.05, 3.63) is 0 Å². The van der Waals surface area contributed by atoms with Gasteiger partial charge in [0.25, 0.3) is 0 Å². The Morgan fingerprint density at radius 3 is 0.782 bits per heavy atom. The van der Waals surface area contributed by atoms with Crippen LogP contribution in [-0.2, 0) is 25.0 Å². The van der Waals surface area contributed by atoms with Crippen LogP contribution < -0.4 is 0 Å². The van der Waals surface area contributed by atoms with Crippen LogP contribution in [0.25, 0.3) is 0 Å². The van der Waals surface area contributed by atoms with E-state index in [1.165, 1.54) is 103 Å². The monoisotopic (exact) mass is 850 g/mol. The molecule has 0 bridgehead atoms. The van der Waals surface area contributed by atoms with Gasteiger partial charge >= 0.3 is 23.1 Å². The summed E-state index contributed by atoms with van der Waals surface area (Å²) >= 11 is 0. The Morgan fingerprint density at radius 2 is 0.636 bits per heavy atom. The summed E-state index contributed by atoms with van der Waals surface area (Å²) in [6.07, 6.45) is 19.5. The lowest BCUT2D eigenvalue weighted by Crippen LogP contribution is -2.49. The van der Waals surface area contributed by atoms with Gasteiger partial charge in [0.05, 0.1) is 52.4 Å². The number of halogens is 6. The molecule has 0 saturated heterocycles. The van der Waals surface area contributed by atoms with Crippen molar-refractivity contribution in [3.63, 3.8) is 0 Å². The first-order valence-electron chi connectivity index (χ1n) is 20.0. The molecule has 0 amide bonds. The third-order valence-electron chi connectivity index (χ3n) is 8.08. The van der Waals surface area contributed by atoms with Gasteiger partial charge in [-0.05, 0) is 51.4 Å². The normalized spacial score (nSPS) is 11.9. The third kappa shape index (κ3) is 28.2. The minimum absolute atomic E-state index is 1.09. The van der Waals surface area contributed by atoms with Crippen LogP contribution in [0.4, 0.5) is 26.3 Å². The minimum Gasteiger partial charge on any atom is -0.741 e. The van der Waals surface area contributed by atoms with E-state index in [2.05, 4.69) is 74.3 Å². The molecule has 0 unspecified atom stereocenters. The molecule has 55 heavy (non-hydrogen) atoms. The molecule has 0 saturated carbocycles. The Labute approximate surface area is 329 Å². The SMILES string of the molecule is CCCCN(CCCC)C(OC(N(CCCC)CCCC)=[N+](CCCC)CCCC)=[N+](CCCC)CCCC.O=S(=O)([O-])C(F)(F)F.O=S(=O)([O-])C(F)(F)F. The van der Waals surface area contributed by atoms with Crippen LogP contribution in [0.5, 0.6) is 0 Å². The zero-order valence-electron chi connectivity index (χ0n) is 34.7. The molecule has 0 aliphatic carbocycles. The molecule has 0 aromatic heterocycles. The van der Waals surface area contributed by atoms with E-state index in [9.17, 15) is 26.3 Å². The zero-order valence-corrected chi connectivity index (χ0v) is 36.3. The van der Waals surface area contributed by atoms with Crippen molar-refractivity contribution in [3.8, 4) is 0 Å². The zero-order chi connectivity index (χ0) is 43.1. The summed E-state index contributed by atoms with van der Waals surface area (Å²) < 4.78 is 130. The van der Waals surface area contributed by atoms with Crippen LogP contribution in [0.15, 0.2) is 0 Å². The predicted octanol–water partition coefficient (Wildman–Crippen LogP) is 8.85. The largest absolute Gasteiger partial charge is 0.741 e. The van der Waals surface area contributed by atoms with Crippen molar-refractivity contribution in [2.75, 3.05) is 52.4 Å². The van der Waals surface area contributed by atoms with Gasteiger partial charge < -0.3 is 13.8 Å². The summed E-state index contributed by atoms with van der Waals surface area (Å²) in [5.74, 6) is 0. The molecule has 0 aromatic carbocycles. The number of hydrogen-bond acceptors (Lipinski definition) is 7. The Balaban J connectivity index is -0.00000139. The van der Waals surface area contributed by atoms with Crippen molar-refractivity contribution in [2.24, 2.45) is 0 Å². The second-order valence-corrected chi connectivity index (χ2v) is 16.0. The predicted molar refractivity (Wildman–Crippen MR) is 205 cm³/mol. The van der Waals surface area contributed by atoms with Crippen molar-refractivity contribution in [1.82, 2.24) is 9.80 Å². The molecule has 0 radical (unpaired) electrons. The number of nitrogens with zero attached hydrogens (tertiary/aromatic N) is 4. The first-order valence-corrected chi connectivity index (χ1v) is 22.8. The molecule has 0 aliphatic rings. The summed E-state index contributed by atoms with van der Waals surface area (Å²) in [5, 5.41) is 0. The summed E-state index contributed by atoms with van der Waals surface area (Å²) in [4.78, 5) is 5.24. The molecule has 0 aliphatic heterocycles. The van der Waals surface area contributed by atoms with Gasteiger partial charge in [-0.25, -0.2) is 35.8 Å². The Hall–Kier alpha value is -1.86. The molecule has 332 valence electrons. The smallest absolute Gasteiger partial charge is 0.485 e.